The highest BCUT2D eigenvalue weighted by molar-refractivity contribution is 6.44. The van der Waals surface area contributed by atoms with Crippen molar-refractivity contribution in [2.24, 2.45) is 0 Å². The van der Waals surface area contributed by atoms with Gasteiger partial charge in [0.05, 0.1) is 25.4 Å². The molecule has 0 bridgehead atoms. The molecule has 0 saturated carbocycles. The van der Waals surface area contributed by atoms with Crippen molar-refractivity contribution in [3.8, 4) is 0 Å². The fraction of sp³-hybridized carbons (Fsp3) is 1.00. The second-order valence-electron chi connectivity index (χ2n) is 4.40. The van der Waals surface area contributed by atoms with Crippen LogP contribution in [0.5, 0.6) is 0 Å². The van der Waals surface area contributed by atoms with E-state index < -0.39 is 0 Å². The van der Waals surface area contributed by atoms with E-state index in [1.807, 2.05) is 0 Å². The summed E-state index contributed by atoms with van der Waals surface area (Å²) in [6, 6.07) is 0. The highest BCUT2D eigenvalue weighted by Gasteiger charge is 2.28. The SMILES string of the molecule is CCB1OCC(CCCCC2CO[B]O2)O1. The maximum Gasteiger partial charge on any atom is 0.488 e. The largest absolute Gasteiger partial charge is 0.488 e. The standard InChI is InChI=1S/C10H19B2O4/c1-2-12-14-8-10(16-12)6-4-3-5-9-7-13-11-15-9/h9-10H,2-8H2,1H3. The van der Waals surface area contributed by atoms with Crippen molar-refractivity contribution in [3.05, 3.63) is 0 Å². The second-order valence-corrected chi connectivity index (χ2v) is 4.40. The van der Waals surface area contributed by atoms with Crippen LogP contribution in [0.3, 0.4) is 0 Å². The summed E-state index contributed by atoms with van der Waals surface area (Å²) in [5, 5.41) is 0. The molecule has 0 aromatic carbocycles. The van der Waals surface area contributed by atoms with Gasteiger partial charge in [-0.15, -0.1) is 0 Å². The van der Waals surface area contributed by atoms with E-state index in [0.717, 1.165) is 25.8 Å². The van der Waals surface area contributed by atoms with Gasteiger partial charge in [-0.2, -0.15) is 0 Å². The van der Waals surface area contributed by atoms with Gasteiger partial charge >= 0.3 is 14.8 Å². The molecule has 4 nitrogen and oxygen atoms in total. The number of hydrogen-bond acceptors (Lipinski definition) is 4. The number of rotatable bonds is 6. The summed E-state index contributed by atoms with van der Waals surface area (Å²) in [5.41, 5.74) is 0. The fourth-order valence-electron chi connectivity index (χ4n) is 2.07. The predicted molar refractivity (Wildman–Crippen MR) is 62.1 cm³/mol. The lowest BCUT2D eigenvalue weighted by atomic mass is 9.87. The second kappa shape index (κ2) is 6.64. The van der Waals surface area contributed by atoms with Gasteiger partial charge in [-0.25, -0.2) is 0 Å². The Bertz CT molecular complexity index is 199. The summed E-state index contributed by atoms with van der Waals surface area (Å²) in [6.07, 6.45) is 6.01. The van der Waals surface area contributed by atoms with Gasteiger partial charge in [0.15, 0.2) is 0 Å². The molecule has 89 valence electrons. The van der Waals surface area contributed by atoms with Crippen molar-refractivity contribution >= 4 is 14.8 Å². The molecule has 1 radical (unpaired) electrons. The minimum Gasteiger partial charge on any atom is -0.411 e. The van der Waals surface area contributed by atoms with Crippen LogP contribution in [0.25, 0.3) is 0 Å². The molecule has 2 fully saturated rings. The molecule has 2 saturated heterocycles. The van der Waals surface area contributed by atoms with E-state index in [1.54, 1.807) is 0 Å². The van der Waals surface area contributed by atoms with E-state index in [4.69, 9.17) is 18.6 Å². The maximum atomic E-state index is 5.70. The quantitative estimate of drug-likeness (QED) is 0.505. The molecule has 2 aliphatic rings. The molecule has 0 amide bonds. The zero-order valence-corrected chi connectivity index (χ0v) is 9.89. The Morgan fingerprint density at radius 3 is 2.62 bits per heavy atom. The topological polar surface area (TPSA) is 36.9 Å². The molecule has 2 rings (SSSR count). The lowest BCUT2D eigenvalue weighted by molar-refractivity contribution is 0.199. The molecule has 0 spiro atoms. The van der Waals surface area contributed by atoms with Crippen LogP contribution in [0, 0.1) is 0 Å². The van der Waals surface area contributed by atoms with Crippen LogP contribution in [-0.2, 0) is 18.6 Å². The van der Waals surface area contributed by atoms with E-state index in [9.17, 15) is 0 Å². The molecule has 2 aliphatic heterocycles. The average Bonchev–Trinajstić information content (AvgIpc) is 2.95. The third kappa shape index (κ3) is 3.77. The molecule has 0 N–H and O–H groups in total. The van der Waals surface area contributed by atoms with Crippen LogP contribution in [-0.4, -0.2) is 40.2 Å². The van der Waals surface area contributed by atoms with E-state index in [1.165, 1.54) is 20.5 Å². The van der Waals surface area contributed by atoms with E-state index in [0.29, 0.717) is 12.7 Å². The van der Waals surface area contributed by atoms with Gasteiger partial charge in [0.25, 0.3) is 0 Å². The summed E-state index contributed by atoms with van der Waals surface area (Å²) in [5.74, 6) is 0. The Hall–Kier alpha value is -0.0301. The summed E-state index contributed by atoms with van der Waals surface area (Å²) in [4.78, 5) is 0. The first-order valence-electron chi connectivity index (χ1n) is 6.24. The van der Waals surface area contributed by atoms with Crippen LogP contribution in [0.1, 0.15) is 32.6 Å². The molecule has 2 heterocycles. The minimum absolute atomic E-state index is 0.0335. The van der Waals surface area contributed by atoms with E-state index >= 15 is 0 Å². The predicted octanol–water partition coefficient (Wildman–Crippen LogP) is 1.42. The third-order valence-corrected chi connectivity index (χ3v) is 3.05. The average molecular weight is 225 g/mol. The van der Waals surface area contributed by atoms with Crippen LogP contribution in [0.4, 0.5) is 0 Å². The molecular formula is C10H19B2O4. The zero-order chi connectivity index (χ0) is 11.2. The molecule has 16 heavy (non-hydrogen) atoms. The van der Waals surface area contributed by atoms with Crippen molar-refractivity contribution in [2.75, 3.05) is 13.2 Å². The van der Waals surface area contributed by atoms with Crippen LogP contribution in [0.15, 0.2) is 0 Å². The van der Waals surface area contributed by atoms with Crippen molar-refractivity contribution in [1.29, 1.82) is 0 Å². The lowest BCUT2D eigenvalue weighted by Gasteiger charge is -2.11. The highest BCUT2D eigenvalue weighted by atomic mass is 16.6. The lowest BCUT2D eigenvalue weighted by Crippen LogP contribution is -2.15. The first-order chi connectivity index (χ1) is 7.88. The summed E-state index contributed by atoms with van der Waals surface area (Å²) in [7, 11) is 1.48. The van der Waals surface area contributed by atoms with Crippen molar-refractivity contribution in [2.45, 2.75) is 51.1 Å². The Labute approximate surface area is 98.4 Å². The normalized spacial score (nSPS) is 29.7. The summed E-state index contributed by atoms with van der Waals surface area (Å²) >= 11 is 0. The van der Waals surface area contributed by atoms with Gasteiger partial charge in [0.2, 0.25) is 0 Å². The monoisotopic (exact) mass is 225 g/mol. The van der Waals surface area contributed by atoms with Crippen LogP contribution in [0.2, 0.25) is 6.32 Å². The van der Waals surface area contributed by atoms with E-state index in [-0.39, 0.29) is 13.2 Å². The third-order valence-electron chi connectivity index (χ3n) is 3.05. The molecule has 2 atom stereocenters. The van der Waals surface area contributed by atoms with E-state index in [2.05, 4.69) is 6.92 Å². The van der Waals surface area contributed by atoms with Crippen molar-refractivity contribution < 1.29 is 18.6 Å². The molecule has 0 aromatic heterocycles. The van der Waals surface area contributed by atoms with Crippen molar-refractivity contribution in [3.63, 3.8) is 0 Å². The van der Waals surface area contributed by atoms with Gasteiger partial charge < -0.3 is 18.6 Å². The summed E-state index contributed by atoms with van der Waals surface area (Å²) < 4.78 is 21.5. The molecule has 6 heteroatoms. The number of hydrogen-bond donors (Lipinski definition) is 0. The Morgan fingerprint density at radius 2 is 2.00 bits per heavy atom. The van der Waals surface area contributed by atoms with Gasteiger partial charge in [0, 0.05) is 0 Å². The molecule has 2 unspecified atom stereocenters. The number of unbranched alkanes of at least 4 members (excludes halogenated alkanes) is 1. The zero-order valence-electron chi connectivity index (χ0n) is 9.89. The van der Waals surface area contributed by atoms with Crippen molar-refractivity contribution in [1.82, 2.24) is 0 Å². The Morgan fingerprint density at radius 1 is 1.19 bits per heavy atom. The maximum absolute atomic E-state index is 5.70. The highest BCUT2D eigenvalue weighted by Crippen LogP contribution is 2.18. The fourth-order valence-corrected chi connectivity index (χ4v) is 2.07. The molecule has 0 aliphatic carbocycles. The van der Waals surface area contributed by atoms with Crippen LogP contribution < -0.4 is 0 Å². The summed E-state index contributed by atoms with van der Waals surface area (Å²) in [6.45, 7) is 3.55. The first kappa shape index (κ1) is 12.4. The van der Waals surface area contributed by atoms with Gasteiger partial charge in [0.1, 0.15) is 0 Å². The Balaban J connectivity index is 1.48. The smallest absolute Gasteiger partial charge is 0.411 e. The van der Waals surface area contributed by atoms with Gasteiger partial charge in [-0.1, -0.05) is 19.8 Å². The first-order valence-corrected chi connectivity index (χ1v) is 6.24. The molecular weight excluding hydrogens is 206 g/mol. The molecule has 0 aromatic rings. The van der Waals surface area contributed by atoms with Gasteiger partial charge in [-0.05, 0) is 19.2 Å². The van der Waals surface area contributed by atoms with Crippen LogP contribution >= 0.6 is 0 Å². The van der Waals surface area contributed by atoms with Gasteiger partial charge in [-0.3, -0.25) is 0 Å². The minimum atomic E-state index is 0.0335. The Kier molecular flexibility index (Phi) is 5.16.